The molecule has 0 bridgehead atoms. The number of carbonyl (C=O) groups is 1. The lowest BCUT2D eigenvalue weighted by Crippen LogP contribution is -2.42. The number of nitrogens with zero attached hydrogens (tertiary/aromatic N) is 1. The van der Waals surface area contributed by atoms with Crippen LogP contribution in [0.1, 0.15) is 12.8 Å². The van der Waals surface area contributed by atoms with Gasteiger partial charge >= 0.3 is 5.97 Å². The summed E-state index contributed by atoms with van der Waals surface area (Å²) in [5.74, 6) is -1.45. The zero-order valence-electron chi connectivity index (χ0n) is 15.6. The Labute approximate surface area is 174 Å². The van der Waals surface area contributed by atoms with E-state index in [0.717, 1.165) is 0 Å². The van der Waals surface area contributed by atoms with Crippen molar-refractivity contribution in [1.29, 1.82) is 0 Å². The monoisotopic (exact) mass is 441 g/mol. The summed E-state index contributed by atoms with van der Waals surface area (Å²) in [5.41, 5.74) is 0. The smallest absolute Gasteiger partial charge is 0.310 e. The molecule has 1 saturated heterocycles. The highest BCUT2D eigenvalue weighted by molar-refractivity contribution is 7.89. The topological polar surface area (TPSA) is 72.9 Å². The molecule has 0 aliphatic carbocycles. The van der Waals surface area contributed by atoms with E-state index in [0.29, 0.717) is 24.4 Å². The van der Waals surface area contributed by atoms with Gasteiger partial charge in [-0.3, -0.25) is 4.79 Å². The van der Waals surface area contributed by atoms with Gasteiger partial charge in [-0.15, -0.1) is 0 Å². The first-order chi connectivity index (χ1) is 13.9. The van der Waals surface area contributed by atoms with Crippen molar-refractivity contribution in [2.75, 3.05) is 26.3 Å². The summed E-state index contributed by atoms with van der Waals surface area (Å²) in [4.78, 5) is 12.5. The van der Waals surface area contributed by atoms with Crippen LogP contribution in [0.25, 0.3) is 0 Å². The molecule has 1 fully saturated rings. The van der Waals surface area contributed by atoms with E-state index in [1.165, 1.54) is 40.7 Å². The van der Waals surface area contributed by atoms with E-state index in [-0.39, 0.29) is 30.4 Å². The molecule has 0 amide bonds. The van der Waals surface area contributed by atoms with Crippen LogP contribution < -0.4 is 4.74 Å². The van der Waals surface area contributed by atoms with Gasteiger partial charge < -0.3 is 9.47 Å². The largest absolute Gasteiger partial charge is 0.487 e. The van der Waals surface area contributed by atoms with Crippen LogP contribution >= 0.6 is 11.6 Å². The Bertz CT molecular complexity index is 952. The molecule has 1 heterocycles. The Morgan fingerprint density at radius 2 is 1.86 bits per heavy atom. The summed E-state index contributed by atoms with van der Waals surface area (Å²) in [6.07, 6.45) is 1.10. The highest BCUT2D eigenvalue weighted by Crippen LogP contribution is 2.25. The molecule has 0 N–H and O–H groups in total. The number of hydrogen-bond acceptors (Lipinski definition) is 5. The van der Waals surface area contributed by atoms with Crippen molar-refractivity contribution in [3.63, 3.8) is 0 Å². The molecule has 156 valence electrons. The van der Waals surface area contributed by atoms with Crippen molar-refractivity contribution in [2.45, 2.75) is 17.7 Å². The first-order valence-electron chi connectivity index (χ1n) is 9.17. The number of hydrogen-bond donors (Lipinski definition) is 0. The molecule has 1 aliphatic heterocycles. The summed E-state index contributed by atoms with van der Waals surface area (Å²) in [6.45, 7) is 0.350. The summed E-state index contributed by atoms with van der Waals surface area (Å²) in [7, 11) is -3.71. The zero-order valence-corrected chi connectivity index (χ0v) is 17.2. The lowest BCUT2D eigenvalue weighted by Gasteiger charge is -2.30. The predicted molar refractivity (Wildman–Crippen MR) is 106 cm³/mol. The minimum atomic E-state index is -3.71. The van der Waals surface area contributed by atoms with Gasteiger partial charge in [-0.1, -0.05) is 23.7 Å². The molecular formula is C20H21ClFNO5S. The molecular weight excluding hydrogens is 421 g/mol. The molecule has 0 radical (unpaired) electrons. The highest BCUT2D eigenvalue weighted by atomic mass is 35.5. The van der Waals surface area contributed by atoms with Gasteiger partial charge in [-0.25, -0.2) is 12.8 Å². The SMILES string of the molecule is O=C(OCCOc1ccccc1F)C1CCCN(S(=O)(=O)c2ccc(Cl)cc2)C1. The van der Waals surface area contributed by atoms with Crippen LogP contribution in [-0.4, -0.2) is 45.0 Å². The normalized spacial score (nSPS) is 17.7. The average molecular weight is 442 g/mol. The van der Waals surface area contributed by atoms with Crippen LogP contribution in [0.3, 0.4) is 0 Å². The molecule has 3 rings (SSSR count). The van der Waals surface area contributed by atoms with Gasteiger partial charge in [0, 0.05) is 18.1 Å². The van der Waals surface area contributed by atoms with Crippen LogP contribution in [-0.2, 0) is 19.6 Å². The van der Waals surface area contributed by atoms with E-state index in [9.17, 15) is 17.6 Å². The van der Waals surface area contributed by atoms with E-state index in [1.807, 2.05) is 0 Å². The molecule has 0 spiro atoms. The Morgan fingerprint density at radius 1 is 1.14 bits per heavy atom. The van der Waals surface area contributed by atoms with E-state index in [1.54, 1.807) is 12.1 Å². The molecule has 0 aromatic heterocycles. The fourth-order valence-corrected chi connectivity index (χ4v) is 4.73. The van der Waals surface area contributed by atoms with Gasteiger partial charge in [0.15, 0.2) is 11.6 Å². The van der Waals surface area contributed by atoms with Crippen LogP contribution in [0, 0.1) is 11.7 Å². The second kappa shape index (κ2) is 9.56. The van der Waals surface area contributed by atoms with E-state index in [2.05, 4.69) is 0 Å². The average Bonchev–Trinajstić information content (AvgIpc) is 2.72. The van der Waals surface area contributed by atoms with Crippen molar-refractivity contribution in [3.05, 3.63) is 59.4 Å². The Hall–Kier alpha value is -2.16. The molecule has 2 aromatic rings. The molecule has 1 unspecified atom stereocenters. The molecule has 29 heavy (non-hydrogen) atoms. The van der Waals surface area contributed by atoms with E-state index >= 15 is 0 Å². The second-order valence-corrected chi connectivity index (χ2v) is 8.98. The second-order valence-electron chi connectivity index (χ2n) is 6.60. The summed E-state index contributed by atoms with van der Waals surface area (Å²) in [6, 6.07) is 11.9. The minimum Gasteiger partial charge on any atom is -0.487 e. The van der Waals surface area contributed by atoms with Crippen LogP contribution in [0.5, 0.6) is 5.75 Å². The number of ether oxygens (including phenoxy) is 2. The maximum Gasteiger partial charge on any atom is 0.310 e. The van der Waals surface area contributed by atoms with Gasteiger partial charge in [0.25, 0.3) is 0 Å². The Balaban J connectivity index is 1.52. The maximum absolute atomic E-state index is 13.5. The quantitative estimate of drug-likeness (QED) is 0.485. The Morgan fingerprint density at radius 3 is 2.59 bits per heavy atom. The van der Waals surface area contributed by atoms with Crippen molar-refractivity contribution in [2.24, 2.45) is 5.92 Å². The van der Waals surface area contributed by atoms with Gasteiger partial charge in [0.2, 0.25) is 10.0 Å². The number of piperidine rings is 1. The zero-order chi connectivity index (χ0) is 20.9. The van der Waals surface area contributed by atoms with Gasteiger partial charge in [0.05, 0.1) is 10.8 Å². The third-order valence-electron chi connectivity index (χ3n) is 4.59. The third kappa shape index (κ3) is 5.46. The third-order valence-corrected chi connectivity index (χ3v) is 6.72. The van der Waals surface area contributed by atoms with Gasteiger partial charge in [-0.2, -0.15) is 4.31 Å². The summed E-state index contributed by atoms with van der Waals surface area (Å²) >= 11 is 5.82. The number of esters is 1. The summed E-state index contributed by atoms with van der Waals surface area (Å²) < 4.78 is 50.8. The van der Waals surface area contributed by atoms with Crippen molar-refractivity contribution >= 4 is 27.6 Å². The standard InChI is InChI=1S/C20H21ClFNO5S/c21-16-7-9-17(10-8-16)29(25,26)23-11-3-4-15(14-23)20(24)28-13-12-27-19-6-2-1-5-18(19)22/h1-2,5-10,15H,3-4,11-14H2. The molecule has 0 saturated carbocycles. The number of halogens is 2. The van der Waals surface area contributed by atoms with Gasteiger partial charge in [0.1, 0.15) is 13.2 Å². The van der Waals surface area contributed by atoms with E-state index in [4.69, 9.17) is 21.1 Å². The lowest BCUT2D eigenvalue weighted by atomic mass is 10.0. The minimum absolute atomic E-state index is 0.00613. The van der Waals surface area contributed by atoms with Crippen LogP contribution in [0.2, 0.25) is 5.02 Å². The predicted octanol–water partition coefficient (Wildman–Crippen LogP) is 3.50. The fraction of sp³-hybridized carbons (Fsp3) is 0.350. The van der Waals surface area contributed by atoms with Crippen LogP contribution in [0.4, 0.5) is 4.39 Å². The molecule has 1 aliphatic rings. The number of benzene rings is 2. The van der Waals surface area contributed by atoms with Gasteiger partial charge in [-0.05, 0) is 49.2 Å². The maximum atomic E-state index is 13.5. The highest BCUT2D eigenvalue weighted by Gasteiger charge is 2.34. The lowest BCUT2D eigenvalue weighted by molar-refractivity contribution is -0.150. The van der Waals surface area contributed by atoms with Crippen molar-refractivity contribution < 1.29 is 27.1 Å². The Kier molecular flexibility index (Phi) is 7.10. The van der Waals surface area contributed by atoms with Crippen molar-refractivity contribution in [3.8, 4) is 5.75 Å². The first kappa shape index (κ1) is 21.5. The molecule has 1 atom stereocenters. The number of sulfonamides is 1. The molecule has 6 nitrogen and oxygen atoms in total. The van der Waals surface area contributed by atoms with Crippen LogP contribution in [0.15, 0.2) is 53.4 Å². The fourth-order valence-electron chi connectivity index (χ4n) is 3.08. The summed E-state index contributed by atoms with van der Waals surface area (Å²) in [5, 5.41) is 0.446. The number of para-hydroxylation sites is 1. The van der Waals surface area contributed by atoms with E-state index < -0.39 is 27.7 Å². The first-order valence-corrected chi connectivity index (χ1v) is 11.0. The number of rotatable bonds is 7. The number of carbonyl (C=O) groups excluding carboxylic acids is 1. The molecule has 2 aromatic carbocycles. The van der Waals surface area contributed by atoms with Crippen molar-refractivity contribution in [1.82, 2.24) is 4.31 Å². The molecule has 9 heteroatoms.